The molecule has 19 heavy (non-hydrogen) atoms. The van der Waals surface area contributed by atoms with Gasteiger partial charge in [-0.3, -0.25) is 9.69 Å². The van der Waals surface area contributed by atoms with E-state index in [-0.39, 0.29) is 6.54 Å². The van der Waals surface area contributed by atoms with E-state index in [1.54, 1.807) is 0 Å². The van der Waals surface area contributed by atoms with E-state index in [0.29, 0.717) is 5.92 Å². The van der Waals surface area contributed by atoms with Crippen molar-refractivity contribution in [3.63, 3.8) is 0 Å². The van der Waals surface area contributed by atoms with Crippen LogP contribution in [0.15, 0.2) is 24.3 Å². The summed E-state index contributed by atoms with van der Waals surface area (Å²) in [7, 11) is 0. The molecule has 1 aromatic heterocycles. The largest absolute Gasteiger partial charge is 0.480 e. The van der Waals surface area contributed by atoms with Gasteiger partial charge in [-0.2, -0.15) is 0 Å². The molecule has 0 spiro atoms. The Morgan fingerprint density at radius 3 is 3.05 bits per heavy atom. The number of para-hydroxylation sites is 1. The number of nitrogens with zero attached hydrogens (tertiary/aromatic N) is 2. The normalized spacial score (nSPS) is 24.6. The first-order chi connectivity index (χ1) is 9.24. The lowest BCUT2D eigenvalue weighted by molar-refractivity contribution is -0.137. The molecule has 2 aromatic rings. The van der Waals surface area contributed by atoms with Crippen LogP contribution in [0.2, 0.25) is 0 Å². The molecule has 2 aliphatic heterocycles. The molecule has 1 N–H and O–H groups in total. The predicted octanol–water partition coefficient (Wildman–Crippen LogP) is 2.03. The molecule has 2 atom stereocenters. The summed E-state index contributed by atoms with van der Waals surface area (Å²) >= 11 is 0. The van der Waals surface area contributed by atoms with Gasteiger partial charge in [0, 0.05) is 35.6 Å². The van der Waals surface area contributed by atoms with Crippen LogP contribution < -0.4 is 0 Å². The summed E-state index contributed by atoms with van der Waals surface area (Å²) in [5, 5.41) is 10.4. The van der Waals surface area contributed by atoms with Crippen LogP contribution in [0.4, 0.5) is 0 Å². The number of carboxylic acids is 1. The Morgan fingerprint density at radius 2 is 2.21 bits per heavy atom. The second-order valence-electron chi connectivity index (χ2n) is 5.58. The van der Waals surface area contributed by atoms with Gasteiger partial charge < -0.3 is 9.67 Å². The first kappa shape index (κ1) is 11.1. The average Bonchev–Trinajstić information content (AvgIpc) is 2.91. The summed E-state index contributed by atoms with van der Waals surface area (Å²) in [5.74, 6) is -0.250. The molecular formula is C15H16N2O2. The fourth-order valence-corrected chi connectivity index (χ4v) is 3.76. The number of aliphatic carboxylic acids is 1. The van der Waals surface area contributed by atoms with Gasteiger partial charge in [-0.05, 0) is 24.6 Å². The molecule has 0 radical (unpaired) electrons. The number of hydrogen-bond donors (Lipinski definition) is 1. The van der Waals surface area contributed by atoms with E-state index < -0.39 is 5.97 Å². The number of benzene rings is 1. The topological polar surface area (TPSA) is 45.5 Å². The Hall–Kier alpha value is -1.81. The highest BCUT2D eigenvalue weighted by Gasteiger charge is 2.35. The maximum absolute atomic E-state index is 11.2. The maximum atomic E-state index is 11.2. The lowest BCUT2D eigenvalue weighted by Gasteiger charge is -2.24. The number of carbonyl (C=O) groups is 1. The number of aromatic nitrogens is 1. The zero-order chi connectivity index (χ0) is 13.0. The van der Waals surface area contributed by atoms with Gasteiger partial charge >= 0.3 is 5.97 Å². The quantitative estimate of drug-likeness (QED) is 0.894. The van der Waals surface area contributed by atoms with E-state index in [4.69, 9.17) is 0 Å². The fraction of sp³-hybridized carbons (Fsp3) is 0.400. The Balaban J connectivity index is 2.01. The summed E-state index contributed by atoms with van der Waals surface area (Å²) in [4.78, 5) is 13.6. The van der Waals surface area contributed by atoms with Crippen molar-refractivity contribution in [3.05, 3.63) is 35.5 Å². The van der Waals surface area contributed by atoms with Crippen LogP contribution in [0.1, 0.15) is 23.6 Å². The Morgan fingerprint density at radius 1 is 1.37 bits per heavy atom. The Kier molecular flexibility index (Phi) is 2.23. The molecule has 1 aromatic carbocycles. The summed E-state index contributed by atoms with van der Waals surface area (Å²) in [5.41, 5.74) is 3.70. The maximum Gasteiger partial charge on any atom is 0.323 e. The fourth-order valence-electron chi connectivity index (χ4n) is 3.76. The van der Waals surface area contributed by atoms with Crippen LogP contribution >= 0.6 is 0 Å². The zero-order valence-corrected chi connectivity index (χ0v) is 10.7. The van der Waals surface area contributed by atoms with Crippen molar-refractivity contribution >= 4 is 16.9 Å². The molecule has 0 saturated carbocycles. The second-order valence-corrected chi connectivity index (χ2v) is 5.58. The lowest BCUT2D eigenvalue weighted by atomic mass is 9.97. The SMILES string of the molecule is O=C(O)Cn1c2c(c3ccccc31)CN1CCC2C1. The van der Waals surface area contributed by atoms with Gasteiger partial charge in [-0.1, -0.05) is 18.2 Å². The Labute approximate surface area is 111 Å². The molecule has 4 heteroatoms. The van der Waals surface area contributed by atoms with Crippen molar-refractivity contribution in [1.82, 2.24) is 9.47 Å². The van der Waals surface area contributed by atoms with Gasteiger partial charge in [-0.25, -0.2) is 0 Å². The van der Waals surface area contributed by atoms with Crippen LogP contribution in [0.5, 0.6) is 0 Å². The molecule has 4 nitrogen and oxygen atoms in total. The van der Waals surface area contributed by atoms with Gasteiger partial charge in [0.2, 0.25) is 0 Å². The minimum Gasteiger partial charge on any atom is -0.480 e. The smallest absolute Gasteiger partial charge is 0.323 e. The Bertz CT molecular complexity index is 674. The molecule has 2 aliphatic rings. The van der Waals surface area contributed by atoms with Crippen LogP contribution in [0.25, 0.3) is 10.9 Å². The van der Waals surface area contributed by atoms with E-state index in [1.807, 2.05) is 22.8 Å². The van der Waals surface area contributed by atoms with Gasteiger partial charge in [0.1, 0.15) is 6.54 Å². The molecule has 0 aliphatic carbocycles. The van der Waals surface area contributed by atoms with Crippen LogP contribution in [0, 0.1) is 0 Å². The first-order valence-electron chi connectivity index (χ1n) is 6.78. The minimum atomic E-state index is -0.760. The van der Waals surface area contributed by atoms with E-state index >= 15 is 0 Å². The van der Waals surface area contributed by atoms with Crippen molar-refractivity contribution in [3.8, 4) is 0 Å². The van der Waals surface area contributed by atoms with E-state index in [1.165, 1.54) is 16.6 Å². The molecule has 98 valence electrons. The van der Waals surface area contributed by atoms with Crippen molar-refractivity contribution in [2.24, 2.45) is 0 Å². The molecule has 3 heterocycles. The molecule has 2 unspecified atom stereocenters. The number of fused-ring (bicyclic) bond motifs is 6. The molecule has 1 saturated heterocycles. The van der Waals surface area contributed by atoms with Gasteiger partial charge in [0.05, 0.1) is 0 Å². The summed E-state index contributed by atoms with van der Waals surface area (Å²) < 4.78 is 2.03. The summed E-state index contributed by atoms with van der Waals surface area (Å²) in [6, 6.07) is 8.20. The van der Waals surface area contributed by atoms with Crippen molar-refractivity contribution < 1.29 is 9.90 Å². The number of hydrogen-bond acceptors (Lipinski definition) is 2. The number of carboxylic acid groups (broad SMARTS) is 1. The van der Waals surface area contributed by atoms with Gasteiger partial charge in [0.25, 0.3) is 0 Å². The molecule has 0 amide bonds. The molecule has 2 bridgehead atoms. The highest BCUT2D eigenvalue weighted by molar-refractivity contribution is 5.87. The third-order valence-corrected chi connectivity index (χ3v) is 4.45. The minimum absolute atomic E-state index is 0.0757. The predicted molar refractivity (Wildman–Crippen MR) is 72.2 cm³/mol. The van der Waals surface area contributed by atoms with Gasteiger partial charge in [-0.15, -0.1) is 0 Å². The molecular weight excluding hydrogens is 240 g/mol. The standard InChI is InChI=1S/C15H16N2O2/c18-14(19)9-17-13-4-2-1-3-11(13)12-8-16-6-5-10(7-16)15(12)17/h1-4,10H,5-9H2,(H,18,19). The van der Waals surface area contributed by atoms with Crippen molar-refractivity contribution in [2.45, 2.75) is 25.4 Å². The van der Waals surface area contributed by atoms with Crippen LogP contribution in [-0.4, -0.2) is 33.6 Å². The van der Waals surface area contributed by atoms with Crippen LogP contribution in [0.3, 0.4) is 0 Å². The monoisotopic (exact) mass is 256 g/mol. The highest BCUT2D eigenvalue weighted by atomic mass is 16.4. The van der Waals surface area contributed by atoms with Crippen LogP contribution in [-0.2, 0) is 17.9 Å². The first-order valence-corrected chi connectivity index (χ1v) is 6.78. The van der Waals surface area contributed by atoms with Crippen molar-refractivity contribution in [2.75, 3.05) is 13.1 Å². The highest BCUT2D eigenvalue weighted by Crippen LogP contribution is 2.41. The summed E-state index contributed by atoms with van der Waals surface area (Å²) in [6.07, 6.45) is 1.16. The van der Waals surface area contributed by atoms with E-state index in [9.17, 15) is 9.90 Å². The zero-order valence-electron chi connectivity index (χ0n) is 10.7. The summed E-state index contributed by atoms with van der Waals surface area (Å²) in [6.45, 7) is 3.27. The second kappa shape index (κ2) is 3.84. The van der Waals surface area contributed by atoms with E-state index in [0.717, 1.165) is 31.6 Å². The number of rotatable bonds is 2. The lowest BCUT2D eigenvalue weighted by Crippen LogP contribution is -2.26. The van der Waals surface area contributed by atoms with E-state index in [2.05, 4.69) is 11.0 Å². The molecule has 4 rings (SSSR count). The molecule has 1 fully saturated rings. The van der Waals surface area contributed by atoms with Crippen molar-refractivity contribution in [1.29, 1.82) is 0 Å². The average molecular weight is 256 g/mol. The third kappa shape index (κ3) is 1.53. The third-order valence-electron chi connectivity index (χ3n) is 4.45. The van der Waals surface area contributed by atoms with Gasteiger partial charge in [0.15, 0.2) is 0 Å².